The van der Waals surface area contributed by atoms with Crippen LogP contribution in [0.3, 0.4) is 0 Å². The maximum atomic E-state index is 12.6. The zero-order valence-corrected chi connectivity index (χ0v) is 14.0. The standard InChI is InChI=1S/C21H27NO/c1-16-11-10-12-17(15-16)22-21(23)20-18-13-8-6-4-2-3-5-7-9-14-19(18)20/h4-7,10-12,15,18-20H,2-3,8-9,13-14H2,1H3,(H,22,23). The van der Waals surface area contributed by atoms with E-state index >= 15 is 0 Å². The van der Waals surface area contributed by atoms with Crippen molar-refractivity contribution < 1.29 is 4.79 Å². The van der Waals surface area contributed by atoms with Crippen LogP contribution in [0.5, 0.6) is 0 Å². The van der Waals surface area contributed by atoms with Gasteiger partial charge in [0.2, 0.25) is 5.91 Å². The van der Waals surface area contributed by atoms with Crippen LogP contribution < -0.4 is 5.32 Å². The van der Waals surface area contributed by atoms with Gasteiger partial charge in [0.25, 0.3) is 0 Å². The van der Waals surface area contributed by atoms with Crippen LogP contribution in [-0.2, 0) is 4.79 Å². The largest absolute Gasteiger partial charge is 0.326 e. The monoisotopic (exact) mass is 309 g/mol. The molecule has 2 nitrogen and oxygen atoms in total. The summed E-state index contributed by atoms with van der Waals surface area (Å²) in [5, 5.41) is 3.12. The Kier molecular flexibility index (Phi) is 5.32. The molecule has 2 unspecified atom stereocenters. The maximum absolute atomic E-state index is 12.6. The molecule has 3 rings (SSSR count). The summed E-state index contributed by atoms with van der Waals surface area (Å²) in [5.41, 5.74) is 2.11. The SMILES string of the molecule is Cc1cccc(NC(=O)C2C3CCC=CCCC=CCCC32)c1. The second kappa shape index (κ2) is 7.63. The van der Waals surface area contributed by atoms with E-state index in [2.05, 4.69) is 42.6 Å². The minimum atomic E-state index is 0.207. The molecule has 0 spiro atoms. The Hall–Kier alpha value is -1.83. The highest BCUT2D eigenvalue weighted by atomic mass is 16.2. The Morgan fingerprint density at radius 3 is 2.17 bits per heavy atom. The molecule has 0 heterocycles. The first kappa shape index (κ1) is 16.0. The number of rotatable bonds is 2. The van der Waals surface area contributed by atoms with Gasteiger partial charge in [0.15, 0.2) is 0 Å². The van der Waals surface area contributed by atoms with E-state index < -0.39 is 0 Å². The summed E-state index contributed by atoms with van der Waals surface area (Å²) in [7, 11) is 0. The van der Waals surface area contributed by atoms with Gasteiger partial charge in [0, 0.05) is 11.6 Å². The van der Waals surface area contributed by atoms with Gasteiger partial charge in [-0.3, -0.25) is 4.79 Å². The zero-order valence-electron chi connectivity index (χ0n) is 14.0. The average Bonchev–Trinajstić information content (AvgIpc) is 3.20. The number of aryl methyl sites for hydroxylation is 1. The van der Waals surface area contributed by atoms with Gasteiger partial charge < -0.3 is 5.32 Å². The molecule has 0 aliphatic heterocycles. The number of carbonyl (C=O) groups is 1. The van der Waals surface area contributed by atoms with Gasteiger partial charge >= 0.3 is 0 Å². The molecular weight excluding hydrogens is 282 g/mol. The van der Waals surface area contributed by atoms with E-state index in [0.29, 0.717) is 11.8 Å². The Bertz CT molecular complexity index is 578. The molecule has 0 radical (unpaired) electrons. The number of carbonyl (C=O) groups excluding carboxylic acids is 1. The van der Waals surface area contributed by atoms with Crippen LogP contribution in [0, 0.1) is 24.7 Å². The third-order valence-electron chi connectivity index (χ3n) is 5.09. The Morgan fingerprint density at radius 1 is 0.957 bits per heavy atom. The molecule has 1 N–H and O–H groups in total. The van der Waals surface area contributed by atoms with Gasteiger partial charge in [-0.05, 0) is 75.0 Å². The van der Waals surface area contributed by atoms with Gasteiger partial charge in [-0.25, -0.2) is 0 Å². The van der Waals surface area contributed by atoms with E-state index in [9.17, 15) is 4.79 Å². The molecule has 1 amide bonds. The Morgan fingerprint density at radius 2 is 1.57 bits per heavy atom. The summed E-state index contributed by atoms with van der Waals surface area (Å²) in [6, 6.07) is 8.07. The first-order valence-corrected chi connectivity index (χ1v) is 8.93. The van der Waals surface area contributed by atoms with Crippen molar-refractivity contribution in [1.82, 2.24) is 0 Å². The fourth-order valence-corrected chi connectivity index (χ4v) is 3.81. The van der Waals surface area contributed by atoms with Crippen LogP contribution in [-0.4, -0.2) is 5.91 Å². The van der Waals surface area contributed by atoms with Crippen LogP contribution in [0.2, 0.25) is 0 Å². The fraction of sp³-hybridized carbons (Fsp3) is 0.476. The van der Waals surface area contributed by atoms with Gasteiger partial charge in [0.1, 0.15) is 0 Å². The molecule has 2 heteroatoms. The number of anilines is 1. The summed E-state index contributed by atoms with van der Waals surface area (Å²) in [4.78, 5) is 12.6. The summed E-state index contributed by atoms with van der Waals surface area (Å²) in [5.74, 6) is 1.56. The lowest BCUT2D eigenvalue weighted by atomic mass is 10.1. The number of amides is 1. The topological polar surface area (TPSA) is 29.1 Å². The second-order valence-electron chi connectivity index (χ2n) is 6.89. The highest BCUT2D eigenvalue weighted by Gasteiger charge is 2.52. The predicted molar refractivity (Wildman–Crippen MR) is 96.3 cm³/mol. The maximum Gasteiger partial charge on any atom is 0.228 e. The minimum Gasteiger partial charge on any atom is -0.326 e. The lowest BCUT2D eigenvalue weighted by Gasteiger charge is -2.05. The molecule has 1 aromatic carbocycles. The van der Waals surface area contributed by atoms with Gasteiger partial charge in [-0.1, -0.05) is 36.4 Å². The minimum absolute atomic E-state index is 0.207. The highest BCUT2D eigenvalue weighted by Crippen LogP contribution is 2.52. The molecular formula is C21H27NO. The third-order valence-corrected chi connectivity index (χ3v) is 5.09. The normalized spacial score (nSPS) is 27.4. The van der Waals surface area contributed by atoms with Crippen molar-refractivity contribution in [2.24, 2.45) is 17.8 Å². The zero-order chi connectivity index (χ0) is 16.1. The van der Waals surface area contributed by atoms with Gasteiger partial charge in [0.05, 0.1) is 0 Å². The molecule has 0 bridgehead atoms. The molecule has 0 saturated heterocycles. The van der Waals surface area contributed by atoms with E-state index in [1.54, 1.807) is 0 Å². The van der Waals surface area contributed by atoms with E-state index in [0.717, 1.165) is 44.2 Å². The summed E-state index contributed by atoms with van der Waals surface area (Å²) in [6.45, 7) is 2.05. The molecule has 0 aromatic heterocycles. The third kappa shape index (κ3) is 4.34. The molecule has 23 heavy (non-hydrogen) atoms. The first-order chi connectivity index (χ1) is 11.3. The van der Waals surface area contributed by atoms with Gasteiger partial charge in [-0.2, -0.15) is 0 Å². The summed E-state index contributed by atoms with van der Waals surface area (Å²) >= 11 is 0. The summed E-state index contributed by atoms with van der Waals surface area (Å²) in [6.07, 6.45) is 16.0. The van der Waals surface area contributed by atoms with Crippen molar-refractivity contribution >= 4 is 11.6 Å². The first-order valence-electron chi connectivity index (χ1n) is 8.93. The van der Waals surface area contributed by atoms with Crippen molar-refractivity contribution in [2.45, 2.75) is 45.4 Å². The van der Waals surface area contributed by atoms with Crippen LogP contribution >= 0.6 is 0 Å². The molecule has 1 fully saturated rings. The molecule has 122 valence electrons. The number of allylic oxidation sites excluding steroid dienone is 4. The second-order valence-corrected chi connectivity index (χ2v) is 6.89. The van der Waals surface area contributed by atoms with Gasteiger partial charge in [-0.15, -0.1) is 0 Å². The number of benzene rings is 1. The van der Waals surface area contributed by atoms with Crippen molar-refractivity contribution in [3.63, 3.8) is 0 Å². The quantitative estimate of drug-likeness (QED) is 0.742. The Labute approximate surface area is 139 Å². The fourth-order valence-electron chi connectivity index (χ4n) is 3.81. The van der Waals surface area contributed by atoms with Crippen molar-refractivity contribution in [3.8, 4) is 0 Å². The van der Waals surface area contributed by atoms with E-state index in [-0.39, 0.29) is 11.8 Å². The summed E-state index contributed by atoms with van der Waals surface area (Å²) < 4.78 is 0. The number of hydrogen-bond donors (Lipinski definition) is 1. The highest BCUT2D eigenvalue weighted by molar-refractivity contribution is 5.94. The average molecular weight is 309 g/mol. The predicted octanol–water partition coefficient (Wildman–Crippen LogP) is 5.26. The molecule has 2 aliphatic rings. The lowest BCUT2D eigenvalue weighted by Crippen LogP contribution is -2.15. The number of fused-ring (bicyclic) bond motifs is 1. The van der Waals surface area contributed by atoms with Crippen molar-refractivity contribution in [1.29, 1.82) is 0 Å². The van der Waals surface area contributed by atoms with E-state index in [4.69, 9.17) is 0 Å². The molecule has 2 atom stereocenters. The van der Waals surface area contributed by atoms with Crippen LogP contribution in [0.25, 0.3) is 0 Å². The van der Waals surface area contributed by atoms with E-state index in [1.807, 2.05) is 18.2 Å². The van der Waals surface area contributed by atoms with Crippen molar-refractivity contribution in [2.75, 3.05) is 5.32 Å². The smallest absolute Gasteiger partial charge is 0.228 e. The van der Waals surface area contributed by atoms with Crippen LogP contribution in [0.15, 0.2) is 48.6 Å². The lowest BCUT2D eigenvalue weighted by molar-refractivity contribution is -0.117. The van der Waals surface area contributed by atoms with Crippen molar-refractivity contribution in [3.05, 3.63) is 54.1 Å². The van der Waals surface area contributed by atoms with E-state index in [1.165, 1.54) is 5.56 Å². The van der Waals surface area contributed by atoms with Crippen LogP contribution in [0.4, 0.5) is 5.69 Å². The van der Waals surface area contributed by atoms with Crippen LogP contribution in [0.1, 0.15) is 44.1 Å². The number of hydrogen-bond acceptors (Lipinski definition) is 1. The molecule has 1 saturated carbocycles. The number of nitrogens with one attached hydrogen (secondary N) is 1. The molecule has 2 aliphatic carbocycles. The Balaban J connectivity index is 1.61. The molecule has 1 aromatic rings.